The Hall–Kier alpha value is -3.55. The largest absolute Gasteiger partial charge is 0.508 e. The topological polar surface area (TPSA) is 108 Å². The zero-order chi connectivity index (χ0) is 28.7. The number of carbonyl (C=O) groups is 3. The lowest BCUT2D eigenvalue weighted by Gasteiger charge is -2.44. The van der Waals surface area contributed by atoms with Gasteiger partial charge >= 0.3 is 6.09 Å². The van der Waals surface area contributed by atoms with Crippen molar-refractivity contribution in [2.45, 2.75) is 97.5 Å². The first-order chi connectivity index (χ1) is 17.6. The van der Waals surface area contributed by atoms with Crippen LogP contribution >= 0.6 is 0 Å². The Morgan fingerprint density at radius 1 is 0.947 bits per heavy atom. The molecule has 8 heteroatoms. The van der Waals surface area contributed by atoms with Crippen LogP contribution in [0.4, 0.5) is 4.79 Å². The second-order valence-electron chi connectivity index (χ2n) is 11.4. The highest BCUT2D eigenvalue weighted by Gasteiger charge is 2.43. The summed E-state index contributed by atoms with van der Waals surface area (Å²) in [6.07, 6.45) is 0.0166. The Balaban J connectivity index is 2.64. The van der Waals surface area contributed by atoms with Crippen molar-refractivity contribution >= 4 is 17.9 Å². The molecule has 0 aliphatic rings. The van der Waals surface area contributed by atoms with E-state index in [1.165, 1.54) is 17.0 Å². The number of phenolic OH excluding ortho intramolecular Hbond substituents is 1. The number of benzene rings is 2. The number of aromatic hydroxyl groups is 1. The molecular weight excluding hydrogens is 482 g/mol. The SMILES string of the molecule is CCC(C)(C)N(C(=O)C(Cc1ccccc1)NC(=O)OC(C)(C)C)C(C(=O)NC(C)C)c1cccc(O)c1. The molecule has 0 saturated carbocycles. The molecule has 2 unspecified atom stereocenters. The van der Waals surface area contributed by atoms with Crippen molar-refractivity contribution in [3.05, 3.63) is 65.7 Å². The fraction of sp³-hybridized carbons (Fsp3) is 0.500. The van der Waals surface area contributed by atoms with Gasteiger partial charge in [0.2, 0.25) is 11.8 Å². The molecule has 0 radical (unpaired) electrons. The van der Waals surface area contributed by atoms with Crippen molar-refractivity contribution in [2.24, 2.45) is 0 Å². The molecule has 0 bridgehead atoms. The van der Waals surface area contributed by atoms with E-state index in [0.29, 0.717) is 12.0 Å². The zero-order valence-corrected chi connectivity index (χ0v) is 23.9. The number of carbonyl (C=O) groups excluding carboxylic acids is 3. The number of ether oxygens (including phenoxy) is 1. The molecular formula is C30H43N3O5. The predicted octanol–water partition coefficient (Wildman–Crippen LogP) is 5.11. The number of phenols is 1. The van der Waals surface area contributed by atoms with E-state index in [1.54, 1.807) is 32.9 Å². The van der Waals surface area contributed by atoms with Crippen molar-refractivity contribution < 1.29 is 24.2 Å². The lowest BCUT2D eigenvalue weighted by atomic mass is 9.91. The van der Waals surface area contributed by atoms with Crippen molar-refractivity contribution in [3.8, 4) is 5.75 Å². The monoisotopic (exact) mass is 525 g/mol. The van der Waals surface area contributed by atoms with Gasteiger partial charge in [-0.2, -0.15) is 0 Å². The van der Waals surface area contributed by atoms with Crippen LogP contribution in [0.3, 0.4) is 0 Å². The summed E-state index contributed by atoms with van der Waals surface area (Å²) in [6.45, 7) is 14.7. The van der Waals surface area contributed by atoms with Gasteiger partial charge in [0, 0.05) is 18.0 Å². The van der Waals surface area contributed by atoms with E-state index in [2.05, 4.69) is 10.6 Å². The van der Waals surface area contributed by atoms with Crippen molar-refractivity contribution in [1.29, 1.82) is 0 Å². The van der Waals surface area contributed by atoms with Crippen molar-refractivity contribution in [3.63, 3.8) is 0 Å². The van der Waals surface area contributed by atoms with Gasteiger partial charge in [0.15, 0.2) is 0 Å². The number of hydrogen-bond acceptors (Lipinski definition) is 5. The molecule has 0 fully saturated rings. The minimum Gasteiger partial charge on any atom is -0.508 e. The minimum atomic E-state index is -1.05. The van der Waals surface area contributed by atoms with Gasteiger partial charge in [0.1, 0.15) is 23.4 Å². The first-order valence-electron chi connectivity index (χ1n) is 13.1. The van der Waals surface area contributed by atoms with Crippen LogP contribution in [0.1, 0.15) is 79.0 Å². The summed E-state index contributed by atoms with van der Waals surface area (Å²) in [5.41, 5.74) is -0.231. The molecule has 0 aliphatic heterocycles. The third-order valence-electron chi connectivity index (χ3n) is 6.15. The van der Waals surface area contributed by atoms with E-state index in [1.807, 2.05) is 65.0 Å². The van der Waals surface area contributed by atoms with Gasteiger partial charge in [-0.3, -0.25) is 9.59 Å². The van der Waals surface area contributed by atoms with Crippen LogP contribution in [0.25, 0.3) is 0 Å². The second-order valence-corrected chi connectivity index (χ2v) is 11.4. The van der Waals surface area contributed by atoms with Gasteiger partial charge in [0.05, 0.1) is 0 Å². The molecule has 2 atom stereocenters. The smallest absolute Gasteiger partial charge is 0.408 e. The highest BCUT2D eigenvalue weighted by Crippen LogP contribution is 2.33. The summed E-state index contributed by atoms with van der Waals surface area (Å²) < 4.78 is 5.48. The van der Waals surface area contributed by atoms with Crippen LogP contribution in [0.2, 0.25) is 0 Å². The van der Waals surface area contributed by atoms with E-state index < -0.39 is 35.2 Å². The van der Waals surface area contributed by atoms with E-state index in [9.17, 15) is 19.5 Å². The van der Waals surface area contributed by atoms with E-state index in [0.717, 1.165) is 5.56 Å². The van der Waals surface area contributed by atoms with Gasteiger partial charge in [-0.25, -0.2) is 4.79 Å². The highest BCUT2D eigenvalue weighted by molar-refractivity contribution is 5.93. The number of amides is 3. The average Bonchev–Trinajstić information content (AvgIpc) is 2.80. The molecule has 208 valence electrons. The molecule has 0 heterocycles. The molecule has 0 saturated heterocycles. The Morgan fingerprint density at radius 3 is 2.11 bits per heavy atom. The van der Waals surface area contributed by atoms with E-state index in [-0.39, 0.29) is 24.1 Å². The lowest BCUT2D eigenvalue weighted by Crippen LogP contribution is -2.60. The van der Waals surface area contributed by atoms with E-state index >= 15 is 0 Å². The maximum absolute atomic E-state index is 14.5. The third-order valence-corrected chi connectivity index (χ3v) is 6.15. The summed E-state index contributed by atoms with van der Waals surface area (Å²) in [5.74, 6) is -0.825. The molecule has 0 spiro atoms. The molecule has 3 N–H and O–H groups in total. The molecule has 0 aliphatic carbocycles. The minimum absolute atomic E-state index is 0.0146. The van der Waals surface area contributed by atoms with Crippen LogP contribution in [0.15, 0.2) is 54.6 Å². The maximum atomic E-state index is 14.5. The van der Waals surface area contributed by atoms with Gasteiger partial charge in [0.25, 0.3) is 0 Å². The Bertz CT molecular complexity index is 1090. The van der Waals surface area contributed by atoms with Crippen molar-refractivity contribution in [1.82, 2.24) is 15.5 Å². The average molecular weight is 526 g/mol. The van der Waals surface area contributed by atoms with E-state index in [4.69, 9.17) is 4.74 Å². The van der Waals surface area contributed by atoms with Crippen LogP contribution in [-0.4, -0.2) is 51.1 Å². The summed E-state index contributed by atoms with van der Waals surface area (Å²) in [6, 6.07) is 13.5. The van der Waals surface area contributed by atoms with Gasteiger partial charge in [-0.1, -0.05) is 49.4 Å². The third kappa shape index (κ3) is 8.78. The summed E-state index contributed by atoms with van der Waals surface area (Å²) in [7, 11) is 0. The molecule has 8 nitrogen and oxygen atoms in total. The molecule has 0 aromatic heterocycles. The number of rotatable bonds is 10. The van der Waals surface area contributed by atoms with Crippen LogP contribution in [-0.2, 0) is 20.7 Å². The lowest BCUT2D eigenvalue weighted by molar-refractivity contribution is -0.149. The number of alkyl carbamates (subject to hydrolysis) is 1. The summed E-state index contributed by atoms with van der Waals surface area (Å²) in [4.78, 5) is 42.5. The number of nitrogens with one attached hydrogen (secondary N) is 2. The van der Waals surface area contributed by atoms with Gasteiger partial charge in [-0.05, 0) is 78.1 Å². The van der Waals surface area contributed by atoms with Gasteiger partial charge < -0.3 is 25.4 Å². The fourth-order valence-corrected chi connectivity index (χ4v) is 4.09. The molecule has 2 aromatic rings. The molecule has 2 aromatic carbocycles. The van der Waals surface area contributed by atoms with Gasteiger partial charge in [-0.15, -0.1) is 0 Å². The van der Waals surface area contributed by atoms with Crippen LogP contribution in [0, 0.1) is 0 Å². The highest BCUT2D eigenvalue weighted by atomic mass is 16.6. The standard InChI is InChI=1S/C30H43N3O5/c1-9-30(7,8)33(25(26(35)31-20(2)3)22-16-13-17-23(34)19-22)27(36)24(18-21-14-11-10-12-15-21)32-28(37)38-29(4,5)6/h10-17,19-20,24-25,34H,9,18H2,1-8H3,(H,31,35)(H,32,37). The quantitative estimate of drug-likeness (QED) is 0.399. The molecule has 3 amide bonds. The zero-order valence-electron chi connectivity index (χ0n) is 23.9. The Labute approximate surface area is 226 Å². The first kappa shape index (κ1) is 30.7. The number of hydrogen-bond donors (Lipinski definition) is 3. The maximum Gasteiger partial charge on any atom is 0.408 e. The van der Waals surface area contributed by atoms with Crippen LogP contribution in [0.5, 0.6) is 5.75 Å². The van der Waals surface area contributed by atoms with Crippen LogP contribution < -0.4 is 10.6 Å². The summed E-state index contributed by atoms with van der Waals surface area (Å²) >= 11 is 0. The summed E-state index contributed by atoms with van der Waals surface area (Å²) in [5, 5.41) is 15.9. The predicted molar refractivity (Wildman–Crippen MR) is 149 cm³/mol. The Morgan fingerprint density at radius 2 is 1.58 bits per heavy atom. The second kappa shape index (κ2) is 12.8. The van der Waals surface area contributed by atoms with Crippen molar-refractivity contribution in [2.75, 3.05) is 0 Å². The fourth-order valence-electron chi connectivity index (χ4n) is 4.09. The molecule has 38 heavy (non-hydrogen) atoms. The number of nitrogens with zero attached hydrogens (tertiary/aromatic N) is 1. The Kier molecular flexibility index (Phi) is 10.3. The molecule has 2 rings (SSSR count). The normalized spacial score (nSPS) is 13.4. The first-order valence-corrected chi connectivity index (χ1v) is 13.1.